The Morgan fingerprint density at radius 2 is 1.29 bits per heavy atom. The van der Waals surface area contributed by atoms with Crippen LogP contribution in [0.1, 0.15) is 105 Å². The van der Waals surface area contributed by atoms with Crippen molar-refractivity contribution < 1.29 is 68.6 Å². The zero-order chi connectivity index (χ0) is 39.2. The van der Waals surface area contributed by atoms with Crippen LogP contribution in [0.3, 0.4) is 0 Å². The van der Waals surface area contributed by atoms with Crippen LogP contribution in [0.25, 0.3) is 0 Å². The molecule has 312 valence electrons. The van der Waals surface area contributed by atoms with Gasteiger partial charge in [0, 0.05) is 30.8 Å². The Labute approximate surface area is 323 Å². The van der Waals surface area contributed by atoms with Crippen LogP contribution in [0.15, 0.2) is 11.6 Å². The van der Waals surface area contributed by atoms with Crippen molar-refractivity contribution >= 4 is 5.97 Å². The molecular weight excluding hydrogens is 716 g/mol. The maximum absolute atomic E-state index is 12.6. The lowest BCUT2D eigenvalue weighted by atomic mass is 9.42. The summed E-state index contributed by atoms with van der Waals surface area (Å²) in [5.41, 5.74) is -0.892. The Kier molecular flexibility index (Phi) is 11.1. The summed E-state index contributed by atoms with van der Waals surface area (Å²) in [7, 11) is 0. The van der Waals surface area contributed by atoms with Gasteiger partial charge in [0.1, 0.15) is 24.9 Å². The molecule has 0 aromatic rings. The molecule has 4 heterocycles. The summed E-state index contributed by atoms with van der Waals surface area (Å²) in [5.74, 6) is 0.204. The van der Waals surface area contributed by atoms with Gasteiger partial charge in [0.15, 0.2) is 18.9 Å². The molecule has 0 spiro atoms. The zero-order valence-electron chi connectivity index (χ0n) is 32.9. The molecule has 4 aliphatic heterocycles. The van der Waals surface area contributed by atoms with Gasteiger partial charge in [-0.1, -0.05) is 13.8 Å². The van der Waals surface area contributed by atoms with E-state index in [1.807, 2.05) is 13.8 Å². The highest BCUT2D eigenvalue weighted by Crippen LogP contribution is 2.70. The van der Waals surface area contributed by atoms with Gasteiger partial charge in [-0.3, -0.25) is 0 Å². The SMILES string of the molecule is C[C@@H]1O[C@@H](O[C@H]2CC[C@@]3(C)[C@H](CC[C@@H]4[C@@H]3C[C@@H](O)[C@]3(C)[C@@H](C5=CC(=O)OC5)CC[C@]43O)C2)C[C@H](O)C1O[C@H]1C[C@H](O)[C@H](O[C@H]2C[C@H](O)[C@H](O)[C@@H](C)O2)[C@@H](C)O1. The number of fused-ring (bicyclic) bond motifs is 5. The molecule has 0 aromatic heterocycles. The normalized spacial score (nSPS) is 55.5. The van der Waals surface area contributed by atoms with Crippen LogP contribution in [0.5, 0.6) is 0 Å². The summed E-state index contributed by atoms with van der Waals surface area (Å²) in [6, 6.07) is 0. The van der Waals surface area contributed by atoms with Crippen molar-refractivity contribution in [1.29, 1.82) is 0 Å². The van der Waals surface area contributed by atoms with Crippen LogP contribution in [-0.2, 0) is 38.0 Å². The molecule has 55 heavy (non-hydrogen) atoms. The number of aliphatic hydroxyl groups is 6. The van der Waals surface area contributed by atoms with Gasteiger partial charge in [-0.25, -0.2) is 4.79 Å². The lowest BCUT2D eigenvalue weighted by molar-refractivity contribution is -0.336. The van der Waals surface area contributed by atoms with Gasteiger partial charge in [-0.05, 0) is 107 Å². The van der Waals surface area contributed by atoms with Crippen molar-refractivity contribution in [2.75, 3.05) is 6.61 Å². The topological polar surface area (TPSA) is 203 Å². The number of hydrogen-bond acceptors (Lipinski definition) is 14. The maximum Gasteiger partial charge on any atom is 0.331 e. The molecule has 8 aliphatic rings. The van der Waals surface area contributed by atoms with Gasteiger partial charge in [0.25, 0.3) is 0 Å². The first-order chi connectivity index (χ1) is 26.0. The number of hydrogen-bond donors (Lipinski definition) is 6. The average Bonchev–Trinajstić information content (AvgIpc) is 3.67. The Morgan fingerprint density at radius 3 is 1.87 bits per heavy atom. The molecule has 21 atom stereocenters. The molecular formula is C41H64O14. The van der Waals surface area contributed by atoms with Crippen LogP contribution in [-0.4, -0.2) is 135 Å². The smallest absolute Gasteiger partial charge is 0.331 e. The fourth-order valence-electron chi connectivity index (χ4n) is 12.8. The molecule has 4 aliphatic carbocycles. The van der Waals surface area contributed by atoms with Gasteiger partial charge in [-0.2, -0.15) is 0 Å². The third-order valence-corrected chi connectivity index (χ3v) is 16.0. The van der Waals surface area contributed by atoms with Crippen LogP contribution < -0.4 is 0 Å². The Balaban J connectivity index is 0.837. The third-order valence-electron chi connectivity index (χ3n) is 16.0. The monoisotopic (exact) mass is 780 g/mol. The van der Waals surface area contributed by atoms with Crippen molar-refractivity contribution in [2.24, 2.45) is 34.5 Å². The molecule has 0 radical (unpaired) electrons. The Hall–Kier alpha value is -1.27. The van der Waals surface area contributed by atoms with Crippen molar-refractivity contribution in [3.8, 4) is 0 Å². The number of cyclic esters (lactones) is 1. The molecule has 8 rings (SSSR count). The predicted molar refractivity (Wildman–Crippen MR) is 193 cm³/mol. The summed E-state index contributed by atoms with van der Waals surface area (Å²) in [6.45, 7) is 9.90. The largest absolute Gasteiger partial charge is 0.458 e. The van der Waals surface area contributed by atoms with Crippen LogP contribution >= 0.6 is 0 Å². The van der Waals surface area contributed by atoms with Gasteiger partial charge in [-0.15, -0.1) is 0 Å². The number of rotatable bonds is 7. The zero-order valence-corrected chi connectivity index (χ0v) is 32.9. The van der Waals surface area contributed by atoms with Gasteiger partial charge in [0.2, 0.25) is 0 Å². The number of ether oxygens (including phenoxy) is 7. The number of esters is 1. The number of carbonyl (C=O) groups is 1. The Morgan fingerprint density at radius 1 is 0.691 bits per heavy atom. The second-order valence-electron chi connectivity index (χ2n) is 18.8. The third kappa shape index (κ3) is 6.95. The quantitative estimate of drug-likeness (QED) is 0.162. The van der Waals surface area contributed by atoms with E-state index in [0.29, 0.717) is 18.8 Å². The fraction of sp³-hybridized carbons (Fsp3) is 0.927. The molecule has 4 saturated carbocycles. The first kappa shape index (κ1) is 40.5. The van der Waals surface area contributed by atoms with E-state index in [1.54, 1.807) is 19.9 Å². The van der Waals surface area contributed by atoms with E-state index in [1.165, 1.54) is 0 Å². The van der Waals surface area contributed by atoms with Crippen molar-refractivity contribution in [2.45, 2.75) is 197 Å². The minimum absolute atomic E-state index is 0.0452. The van der Waals surface area contributed by atoms with E-state index in [0.717, 1.165) is 44.1 Å². The number of aliphatic hydroxyl groups excluding tert-OH is 5. The summed E-state index contributed by atoms with van der Waals surface area (Å²) in [4.78, 5) is 11.9. The van der Waals surface area contributed by atoms with Gasteiger partial charge in [0.05, 0.1) is 54.4 Å². The molecule has 14 nitrogen and oxygen atoms in total. The first-order valence-corrected chi connectivity index (χ1v) is 20.9. The molecule has 3 saturated heterocycles. The van der Waals surface area contributed by atoms with E-state index in [4.69, 9.17) is 33.2 Å². The maximum atomic E-state index is 12.6. The molecule has 1 unspecified atom stereocenters. The second kappa shape index (κ2) is 15.1. The predicted octanol–water partition coefficient (Wildman–Crippen LogP) is 2.22. The van der Waals surface area contributed by atoms with E-state index in [9.17, 15) is 35.4 Å². The van der Waals surface area contributed by atoms with Crippen molar-refractivity contribution in [3.05, 3.63) is 11.6 Å². The van der Waals surface area contributed by atoms with Crippen LogP contribution in [0, 0.1) is 34.5 Å². The second-order valence-corrected chi connectivity index (χ2v) is 18.8. The summed E-state index contributed by atoms with van der Waals surface area (Å²) < 4.78 is 42.1. The highest BCUT2D eigenvalue weighted by Gasteiger charge is 2.71. The Bertz CT molecular complexity index is 1410. The minimum atomic E-state index is -1.01. The fourth-order valence-corrected chi connectivity index (χ4v) is 12.8. The highest BCUT2D eigenvalue weighted by atomic mass is 16.7. The summed E-state index contributed by atoms with van der Waals surface area (Å²) in [5, 5.41) is 66.9. The van der Waals surface area contributed by atoms with Crippen molar-refractivity contribution in [3.63, 3.8) is 0 Å². The van der Waals surface area contributed by atoms with Crippen LogP contribution in [0.2, 0.25) is 0 Å². The molecule has 7 fully saturated rings. The van der Waals surface area contributed by atoms with Crippen molar-refractivity contribution in [1.82, 2.24) is 0 Å². The lowest BCUT2D eigenvalue weighted by Gasteiger charge is -2.65. The number of carbonyl (C=O) groups excluding carboxylic acids is 1. The lowest BCUT2D eigenvalue weighted by Crippen LogP contribution is -2.67. The first-order valence-electron chi connectivity index (χ1n) is 20.9. The summed E-state index contributed by atoms with van der Waals surface area (Å²) >= 11 is 0. The molecule has 6 N–H and O–H groups in total. The van der Waals surface area contributed by atoms with E-state index >= 15 is 0 Å². The summed E-state index contributed by atoms with van der Waals surface area (Å²) in [6.07, 6.45) is -1.51. The molecule has 14 heteroatoms. The van der Waals surface area contributed by atoms with Gasteiger partial charge < -0.3 is 63.8 Å². The molecule has 0 amide bonds. The van der Waals surface area contributed by atoms with E-state index < -0.39 is 90.9 Å². The minimum Gasteiger partial charge on any atom is -0.458 e. The van der Waals surface area contributed by atoms with Gasteiger partial charge >= 0.3 is 5.97 Å². The molecule has 0 bridgehead atoms. The van der Waals surface area contributed by atoms with E-state index in [-0.39, 0.29) is 61.1 Å². The average molecular weight is 781 g/mol. The highest BCUT2D eigenvalue weighted by molar-refractivity contribution is 5.85. The van der Waals surface area contributed by atoms with Crippen LogP contribution in [0.4, 0.5) is 0 Å². The molecule has 0 aromatic carbocycles. The standard InChI is InChI=1S/C41H64O14/c1-19-36(47)28(42)15-34(50-19)54-38-21(3)52-35(17-30(38)44)55-37-20(2)51-33(16-29(37)43)53-24-8-10-39(4)23(13-24)6-7-26-27(39)14-31(45)40(5)25(9-11-41(26,40)48)22-12-32(46)49-18-22/h12,19-21,23-31,33-38,42-45,47-48H,6-11,13-18H2,1-5H3/t19-,20+,21-,23-,24+,25-,26-,27+,28+,29+,30+,31-,33+,34+,35+,36-,37?,38-,39+,40+,41+/m1/s1. The van der Waals surface area contributed by atoms with E-state index in [2.05, 4.69) is 6.92 Å².